The van der Waals surface area contributed by atoms with Gasteiger partial charge in [0, 0.05) is 58.5 Å². The quantitative estimate of drug-likeness (QED) is 0.117. The van der Waals surface area contributed by atoms with Crippen molar-refractivity contribution < 1.29 is 45.4 Å². The van der Waals surface area contributed by atoms with E-state index in [2.05, 4.69) is 142 Å². The number of nitrogens with zero attached hydrogens (tertiary/aromatic N) is 1. The molecule has 0 unspecified atom stereocenters. The van der Waals surface area contributed by atoms with E-state index in [1.807, 2.05) is 12.1 Å². The summed E-state index contributed by atoms with van der Waals surface area (Å²) < 4.78 is 2.45. The molecule has 0 aromatic heterocycles. The first-order valence-corrected chi connectivity index (χ1v) is 12.9. The van der Waals surface area contributed by atoms with Gasteiger partial charge in [-0.15, -0.1) is 22.9 Å². The van der Waals surface area contributed by atoms with Gasteiger partial charge in [-0.1, -0.05) is 67.8 Å². The maximum atomic E-state index is 3.57. The molecular weight excluding hydrogens is 579 g/mol. The Morgan fingerprint density at radius 2 is 1.54 bits per heavy atom. The topological polar surface area (TPSA) is 3.01 Å². The summed E-state index contributed by atoms with van der Waals surface area (Å²) >= 11 is 0. The van der Waals surface area contributed by atoms with Gasteiger partial charge in [0.2, 0.25) is 5.69 Å². The molecule has 0 aliphatic carbocycles. The van der Waals surface area contributed by atoms with Crippen LogP contribution in [-0.2, 0) is 10.8 Å². The Morgan fingerprint density at radius 1 is 0.865 bits per heavy atom. The summed E-state index contributed by atoms with van der Waals surface area (Å²) in [6.07, 6.45) is 14.2. The Bertz CT molecular complexity index is 1560. The third-order valence-corrected chi connectivity index (χ3v) is 7.43. The van der Waals surface area contributed by atoms with Crippen LogP contribution in [0.1, 0.15) is 45.7 Å². The summed E-state index contributed by atoms with van der Waals surface area (Å²) in [4.78, 5) is 0. The van der Waals surface area contributed by atoms with Crippen molar-refractivity contribution in [2.24, 2.45) is 0 Å². The SMILES string of the molecule is CC[N+]1=C(/C=C/C=C/C=[C-]C(C)(C)c2[c-]ccc3ccccc23)C(C)(C)c2c1ccc1ccccc21.[Nd]. The fourth-order valence-electron chi connectivity index (χ4n) is 5.65. The van der Waals surface area contributed by atoms with Gasteiger partial charge < -0.3 is 0 Å². The molecule has 184 valence electrons. The Labute approximate surface area is 254 Å². The summed E-state index contributed by atoms with van der Waals surface area (Å²) in [7, 11) is 0. The van der Waals surface area contributed by atoms with Crippen molar-refractivity contribution in [3.8, 4) is 0 Å². The van der Waals surface area contributed by atoms with Gasteiger partial charge in [-0.2, -0.15) is 28.3 Å². The van der Waals surface area contributed by atoms with Crippen molar-refractivity contribution in [2.75, 3.05) is 6.54 Å². The maximum Gasteiger partial charge on any atom is 0.210 e. The molecule has 4 aromatic rings. The van der Waals surface area contributed by atoms with Crippen molar-refractivity contribution in [3.63, 3.8) is 0 Å². The van der Waals surface area contributed by atoms with Crippen molar-refractivity contribution in [1.29, 1.82) is 0 Å². The van der Waals surface area contributed by atoms with Crippen LogP contribution < -0.4 is 0 Å². The largest absolute Gasteiger partial charge is 0.267 e. The molecule has 1 aliphatic heterocycles. The Hall–Kier alpha value is -2.36. The molecule has 0 amide bonds. The molecule has 0 bridgehead atoms. The molecule has 1 nitrogen and oxygen atoms in total. The van der Waals surface area contributed by atoms with E-state index in [4.69, 9.17) is 0 Å². The van der Waals surface area contributed by atoms with Gasteiger partial charge in [-0.25, -0.2) is 12.2 Å². The van der Waals surface area contributed by atoms with Crippen LogP contribution in [0.25, 0.3) is 21.5 Å². The second-order valence-corrected chi connectivity index (χ2v) is 10.6. The number of hydrogen-bond donors (Lipinski definition) is 0. The van der Waals surface area contributed by atoms with E-state index in [0.29, 0.717) is 0 Å². The van der Waals surface area contributed by atoms with Crippen LogP contribution in [0.3, 0.4) is 0 Å². The Balaban J connectivity index is 0.00000320. The van der Waals surface area contributed by atoms with Gasteiger partial charge in [0.05, 0.1) is 5.41 Å². The minimum Gasteiger partial charge on any atom is -0.267 e. The molecular formula is C35H34NNd-. The molecule has 0 saturated carbocycles. The fourth-order valence-corrected chi connectivity index (χ4v) is 5.65. The summed E-state index contributed by atoms with van der Waals surface area (Å²) in [5.41, 5.74) is 4.95. The smallest absolute Gasteiger partial charge is 0.210 e. The van der Waals surface area contributed by atoms with Crippen LogP contribution in [-0.4, -0.2) is 16.8 Å². The van der Waals surface area contributed by atoms with E-state index < -0.39 is 0 Å². The Morgan fingerprint density at radius 3 is 2.27 bits per heavy atom. The molecule has 1 aliphatic rings. The van der Waals surface area contributed by atoms with Crippen molar-refractivity contribution in [2.45, 2.75) is 45.4 Å². The van der Waals surface area contributed by atoms with Crippen LogP contribution in [0.4, 0.5) is 5.69 Å². The summed E-state index contributed by atoms with van der Waals surface area (Å²) in [6, 6.07) is 29.3. The zero-order valence-electron chi connectivity index (χ0n) is 22.5. The van der Waals surface area contributed by atoms with E-state index >= 15 is 0 Å². The third kappa shape index (κ3) is 5.18. The van der Waals surface area contributed by atoms with Gasteiger partial charge in [0.25, 0.3) is 0 Å². The number of rotatable bonds is 6. The Kier molecular flexibility index (Phi) is 8.35. The monoisotopic (exact) mass is 610 g/mol. The summed E-state index contributed by atoms with van der Waals surface area (Å²) in [5, 5.41) is 5.13. The summed E-state index contributed by atoms with van der Waals surface area (Å²) in [5.74, 6) is 0. The van der Waals surface area contributed by atoms with Gasteiger partial charge in [0.1, 0.15) is 6.54 Å². The van der Waals surface area contributed by atoms with Gasteiger partial charge >= 0.3 is 0 Å². The fraction of sp³-hybridized carbons (Fsp3) is 0.229. The molecule has 0 spiro atoms. The predicted molar refractivity (Wildman–Crippen MR) is 154 cm³/mol. The molecule has 5 rings (SSSR count). The van der Waals surface area contributed by atoms with Crippen LogP contribution in [0.2, 0.25) is 0 Å². The molecule has 4 aromatic carbocycles. The van der Waals surface area contributed by atoms with Crippen molar-refractivity contribution in [1.82, 2.24) is 0 Å². The van der Waals surface area contributed by atoms with E-state index in [1.165, 1.54) is 44.1 Å². The zero-order valence-corrected chi connectivity index (χ0v) is 25.7. The summed E-state index contributed by atoms with van der Waals surface area (Å²) in [6.45, 7) is 12.3. The van der Waals surface area contributed by atoms with E-state index in [9.17, 15) is 0 Å². The van der Waals surface area contributed by atoms with Gasteiger partial charge in [-0.05, 0) is 37.6 Å². The average Bonchev–Trinajstić information content (AvgIpc) is 3.11. The standard InChI is InChI=1S/C35H34N.Nd/c1-6-36-31-24-23-27-17-11-13-20-29(27)33(31)35(4,5)32(36)22-9-7-8-14-25-34(2,3)30-21-15-18-26-16-10-12-19-28(26)30;/h7-20,22-24H,6H2,1-5H3;/q-1;/b8-7+,22-9+;. The normalized spacial score (nSPS) is 15.4. The second kappa shape index (κ2) is 11.2. The van der Waals surface area contributed by atoms with E-state index in [-0.39, 0.29) is 51.7 Å². The second-order valence-electron chi connectivity index (χ2n) is 10.6. The van der Waals surface area contributed by atoms with E-state index in [0.717, 1.165) is 6.54 Å². The number of allylic oxidation sites excluding steroid dienone is 6. The molecule has 0 atom stereocenters. The molecule has 2 heteroatoms. The van der Waals surface area contributed by atoms with Gasteiger partial charge in [0.15, 0.2) is 5.71 Å². The van der Waals surface area contributed by atoms with Crippen molar-refractivity contribution >= 4 is 32.9 Å². The molecule has 0 fully saturated rings. The molecule has 0 saturated heterocycles. The predicted octanol–water partition coefficient (Wildman–Crippen LogP) is 8.64. The number of benzene rings is 4. The first kappa shape index (κ1) is 27.7. The van der Waals surface area contributed by atoms with Crippen LogP contribution in [0, 0.1) is 53.0 Å². The van der Waals surface area contributed by atoms with Crippen LogP contribution in [0.5, 0.6) is 0 Å². The van der Waals surface area contributed by atoms with E-state index in [1.54, 1.807) is 0 Å². The minimum atomic E-state index is -0.237. The van der Waals surface area contributed by atoms with Gasteiger partial charge in [-0.3, -0.25) is 6.08 Å². The molecule has 37 heavy (non-hydrogen) atoms. The minimum absolute atomic E-state index is 0. The maximum absolute atomic E-state index is 3.57. The average molecular weight is 613 g/mol. The third-order valence-electron chi connectivity index (χ3n) is 7.43. The number of hydrogen-bond acceptors (Lipinski definition) is 0. The van der Waals surface area contributed by atoms with Crippen LogP contribution >= 0.6 is 0 Å². The first-order chi connectivity index (χ1) is 17.3. The number of fused-ring (bicyclic) bond motifs is 4. The molecule has 0 N–H and O–H groups in total. The zero-order chi connectivity index (χ0) is 25.3. The van der Waals surface area contributed by atoms with Crippen molar-refractivity contribution in [3.05, 3.63) is 126 Å². The van der Waals surface area contributed by atoms with Crippen LogP contribution in [0.15, 0.2) is 103 Å². The molecule has 1 heterocycles. The first-order valence-electron chi connectivity index (χ1n) is 12.9. The molecule has 0 radical (unpaired) electrons.